The smallest absolute Gasteiger partial charge is 0.226 e. The van der Waals surface area contributed by atoms with Crippen LogP contribution >= 0.6 is 0 Å². The predicted octanol–water partition coefficient (Wildman–Crippen LogP) is 4.41. The SMILES string of the molecule is CCN(Cc1ccccc1)C(=O)C1CCN(c2cc(-c3ccccc3)ncn2)CC1. The highest BCUT2D eigenvalue weighted by molar-refractivity contribution is 5.79. The summed E-state index contributed by atoms with van der Waals surface area (Å²) >= 11 is 0. The van der Waals surface area contributed by atoms with Crippen molar-refractivity contribution in [3.8, 4) is 11.3 Å². The van der Waals surface area contributed by atoms with E-state index in [2.05, 4.69) is 46.1 Å². The molecule has 0 atom stereocenters. The average Bonchev–Trinajstić information content (AvgIpc) is 2.83. The van der Waals surface area contributed by atoms with Crippen LogP contribution in [0.25, 0.3) is 11.3 Å². The number of aromatic nitrogens is 2. The monoisotopic (exact) mass is 400 g/mol. The molecule has 1 aliphatic heterocycles. The van der Waals surface area contributed by atoms with Gasteiger partial charge in [0.05, 0.1) is 5.69 Å². The van der Waals surface area contributed by atoms with Gasteiger partial charge < -0.3 is 9.80 Å². The van der Waals surface area contributed by atoms with Crippen LogP contribution in [0.2, 0.25) is 0 Å². The molecule has 1 aromatic heterocycles. The molecule has 1 amide bonds. The summed E-state index contributed by atoms with van der Waals surface area (Å²) in [6, 6.07) is 22.4. The molecule has 1 aliphatic rings. The zero-order chi connectivity index (χ0) is 20.8. The lowest BCUT2D eigenvalue weighted by Crippen LogP contribution is -2.42. The van der Waals surface area contributed by atoms with E-state index in [1.165, 1.54) is 5.56 Å². The largest absolute Gasteiger partial charge is 0.356 e. The fourth-order valence-corrected chi connectivity index (χ4v) is 4.05. The van der Waals surface area contributed by atoms with E-state index >= 15 is 0 Å². The molecule has 30 heavy (non-hydrogen) atoms. The maximum absolute atomic E-state index is 13.1. The minimum atomic E-state index is 0.0837. The Morgan fingerprint density at radius 2 is 1.67 bits per heavy atom. The number of benzene rings is 2. The Hall–Kier alpha value is -3.21. The second-order valence-corrected chi connectivity index (χ2v) is 7.73. The Labute approximate surface area is 178 Å². The van der Waals surface area contributed by atoms with Gasteiger partial charge in [-0.1, -0.05) is 60.7 Å². The Morgan fingerprint density at radius 3 is 2.33 bits per heavy atom. The van der Waals surface area contributed by atoms with Crippen LogP contribution in [0.15, 0.2) is 73.1 Å². The fourth-order valence-electron chi connectivity index (χ4n) is 4.05. The number of anilines is 1. The van der Waals surface area contributed by atoms with Crippen molar-refractivity contribution in [3.05, 3.63) is 78.6 Å². The van der Waals surface area contributed by atoms with Gasteiger partial charge in [-0.15, -0.1) is 0 Å². The number of rotatable bonds is 6. The lowest BCUT2D eigenvalue weighted by Gasteiger charge is -2.34. The third-order valence-electron chi connectivity index (χ3n) is 5.80. The lowest BCUT2D eigenvalue weighted by atomic mass is 9.95. The van der Waals surface area contributed by atoms with Crippen LogP contribution in [0.3, 0.4) is 0 Å². The summed E-state index contributed by atoms with van der Waals surface area (Å²) in [7, 11) is 0. The molecule has 1 saturated heterocycles. The summed E-state index contributed by atoms with van der Waals surface area (Å²) in [5.41, 5.74) is 3.20. The Bertz CT molecular complexity index is 953. The van der Waals surface area contributed by atoms with E-state index in [1.807, 2.05) is 47.4 Å². The first-order valence-corrected chi connectivity index (χ1v) is 10.7. The Kier molecular flexibility index (Phi) is 6.38. The normalized spacial score (nSPS) is 14.5. The molecule has 0 radical (unpaired) electrons. The molecule has 3 aromatic rings. The summed E-state index contributed by atoms with van der Waals surface area (Å²) in [5, 5.41) is 0. The number of nitrogens with zero attached hydrogens (tertiary/aromatic N) is 4. The summed E-state index contributed by atoms with van der Waals surface area (Å²) in [6.07, 6.45) is 3.34. The van der Waals surface area contributed by atoms with Gasteiger partial charge in [-0.25, -0.2) is 9.97 Å². The van der Waals surface area contributed by atoms with Gasteiger partial charge in [-0.05, 0) is 25.3 Å². The molecule has 0 bridgehead atoms. The minimum Gasteiger partial charge on any atom is -0.356 e. The molecule has 4 rings (SSSR count). The fraction of sp³-hybridized carbons (Fsp3) is 0.320. The molecule has 5 nitrogen and oxygen atoms in total. The van der Waals surface area contributed by atoms with Crippen molar-refractivity contribution in [3.63, 3.8) is 0 Å². The predicted molar refractivity (Wildman–Crippen MR) is 120 cm³/mol. The van der Waals surface area contributed by atoms with Gasteiger partial charge in [0.1, 0.15) is 12.1 Å². The van der Waals surface area contributed by atoms with Crippen LogP contribution in [-0.2, 0) is 11.3 Å². The lowest BCUT2D eigenvalue weighted by molar-refractivity contribution is -0.136. The second kappa shape index (κ2) is 9.53. The van der Waals surface area contributed by atoms with Crippen molar-refractivity contribution in [1.29, 1.82) is 0 Å². The van der Waals surface area contributed by atoms with Crippen LogP contribution in [-0.4, -0.2) is 40.4 Å². The molecule has 0 spiro atoms. The molecular formula is C25H28N4O. The van der Waals surface area contributed by atoms with Gasteiger partial charge in [0.2, 0.25) is 5.91 Å². The third kappa shape index (κ3) is 4.67. The molecule has 154 valence electrons. The van der Waals surface area contributed by atoms with E-state index < -0.39 is 0 Å². The van der Waals surface area contributed by atoms with Gasteiger partial charge in [-0.3, -0.25) is 4.79 Å². The highest BCUT2D eigenvalue weighted by Crippen LogP contribution is 2.26. The van der Waals surface area contributed by atoms with Crippen molar-refractivity contribution in [1.82, 2.24) is 14.9 Å². The zero-order valence-electron chi connectivity index (χ0n) is 17.4. The number of hydrogen-bond acceptors (Lipinski definition) is 4. The molecule has 2 aromatic carbocycles. The van der Waals surface area contributed by atoms with Crippen LogP contribution in [0.4, 0.5) is 5.82 Å². The molecular weight excluding hydrogens is 372 g/mol. The first kappa shape index (κ1) is 20.1. The molecule has 1 fully saturated rings. The number of carbonyl (C=O) groups excluding carboxylic acids is 1. The Morgan fingerprint density at radius 1 is 1.00 bits per heavy atom. The maximum atomic E-state index is 13.1. The van der Waals surface area contributed by atoms with Crippen molar-refractivity contribution < 1.29 is 4.79 Å². The average molecular weight is 401 g/mol. The Balaban J connectivity index is 1.38. The highest BCUT2D eigenvalue weighted by atomic mass is 16.2. The van der Waals surface area contributed by atoms with Gasteiger partial charge >= 0.3 is 0 Å². The highest BCUT2D eigenvalue weighted by Gasteiger charge is 2.28. The van der Waals surface area contributed by atoms with Crippen molar-refractivity contribution in [2.24, 2.45) is 5.92 Å². The van der Waals surface area contributed by atoms with E-state index in [1.54, 1.807) is 6.33 Å². The minimum absolute atomic E-state index is 0.0837. The van der Waals surface area contributed by atoms with Crippen LogP contribution in [0.5, 0.6) is 0 Å². The first-order valence-electron chi connectivity index (χ1n) is 10.7. The second-order valence-electron chi connectivity index (χ2n) is 7.73. The molecule has 0 N–H and O–H groups in total. The number of carbonyl (C=O) groups is 1. The van der Waals surface area contributed by atoms with Crippen molar-refractivity contribution in [2.45, 2.75) is 26.3 Å². The quantitative estimate of drug-likeness (QED) is 0.615. The van der Waals surface area contributed by atoms with Crippen molar-refractivity contribution in [2.75, 3.05) is 24.5 Å². The topological polar surface area (TPSA) is 49.3 Å². The summed E-state index contributed by atoms with van der Waals surface area (Å²) in [6.45, 7) is 5.15. The van der Waals surface area contributed by atoms with Gasteiger partial charge in [-0.2, -0.15) is 0 Å². The summed E-state index contributed by atoms with van der Waals surface area (Å²) < 4.78 is 0. The molecule has 5 heteroatoms. The van der Waals surface area contributed by atoms with E-state index in [4.69, 9.17) is 0 Å². The van der Waals surface area contributed by atoms with Gasteiger partial charge in [0, 0.05) is 43.7 Å². The summed E-state index contributed by atoms with van der Waals surface area (Å²) in [4.78, 5) is 26.3. The zero-order valence-corrected chi connectivity index (χ0v) is 17.4. The van der Waals surface area contributed by atoms with E-state index in [-0.39, 0.29) is 11.8 Å². The van der Waals surface area contributed by atoms with Gasteiger partial charge in [0.25, 0.3) is 0 Å². The third-order valence-corrected chi connectivity index (χ3v) is 5.80. The van der Waals surface area contributed by atoms with Crippen LogP contribution in [0.1, 0.15) is 25.3 Å². The maximum Gasteiger partial charge on any atom is 0.226 e. The molecule has 0 saturated carbocycles. The van der Waals surface area contributed by atoms with E-state index in [0.717, 1.165) is 49.6 Å². The number of hydrogen-bond donors (Lipinski definition) is 0. The number of amides is 1. The molecule has 0 unspecified atom stereocenters. The summed E-state index contributed by atoms with van der Waals surface area (Å²) in [5.74, 6) is 1.29. The van der Waals surface area contributed by atoms with E-state index in [0.29, 0.717) is 6.54 Å². The van der Waals surface area contributed by atoms with Gasteiger partial charge in [0.15, 0.2) is 0 Å². The number of piperidine rings is 1. The molecule has 2 heterocycles. The van der Waals surface area contributed by atoms with Crippen LogP contribution < -0.4 is 4.90 Å². The van der Waals surface area contributed by atoms with Crippen LogP contribution in [0, 0.1) is 5.92 Å². The van der Waals surface area contributed by atoms with E-state index in [9.17, 15) is 4.79 Å². The molecule has 0 aliphatic carbocycles. The first-order chi connectivity index (χ1) is 14.7. The van der Waals surface area contributed by atoms with Crippen molar-refractivity contribution >= 4 is 11.7 Å². The standard InChI is InChI=1S/C25H28N4O/c1-2-28(18-20-9-5-3-6-10-20)25(30)22-13-15-29(16-14-22)24-17-23(26-19-27-24)21-11-7-4-8-12-21/h3-12,17,19,22H,2,13-16,18H2,1H3.